The number of nitrogens with zero attached hydrogens (tertiary/aromatic N) is 4. The smallest absolute Gasteiger partial charge is 0.225 e. The third-order valence-electron chi connectivity index (χ3n) is 4.23. The SMILES string of the molecule is NC1(CN2CCN(c3ncccn3)CC2)CCOCC1. The van der Waals surface area contributed by atoms with Crippen molar-refractivity contribution in [1.29, 1.82) is 0 Å². The summed E-state index contributed by atoms with van der Waals surface area (Å²) in [5.74, 6) is 0.834. The first-order chi connectivity index (χ1) is 9.75. The van der Waals surface area contributed by atoms with Gasteiger partial charge in [0.1, 0.15) is 0 Å². The van der Waals surface area contributed by atoms with Gasteiger partial charge in [-0.15, -0.1) is 0 Å². The highest BCUT2D eigenvalue weighted by Crippen LogP contribution is 2.20. The zero-order chi connectivity index (χ0) is 13.8. The summed E-state index contributed by atoms with van der Waals surface area (Å²) in [6.07, 6.45) is 5.53. The van der Waals surface area contributed by atoms with E-state index in [1.54, 1.807) is 12.4 Å². The van der Waals surface area contributed by atoms with Crippen LogP contribution in [0.5, 0.6) is 0 Å². The van der Waals surface area contributed by atoms with Crippen molar-refractivity contribution < 1.29 is 4.74 Å². The van der Waals surface area contributed by atoms with Gasteiger partial charge in [0.15, 0.2) is 0 Å². The van der Waals surface area contributed by atoms with E-state index in [1.807, 2.05) is 6.07 Å². The van der Waals surface area contributed by atoms with Gasteiger partial charge < -0.3 is 15.4 Å². The molecule has 3 rings (SSSR count). The Morgan fingerprint density at radius 1 is 1.10 bits per heavy atom. The van der Waals surface area contributed by atoms with Gasteiger partial charge in [0, 0.05) is 63.9 Å². The van der Waals surface area contributed by atoms with E-state index >= 15 is 0 Å². The number of rotatable bonds is 3. The number of hydrogen-bond acceptors (Lipinski definition) is 6. The minimum atomic E-state index is -0.0658. The highest BCUT2D eigenvalue weighted by Gasteiger charge is 2.31. The van der Waals surface area contributed by atoms with E-state index in [1.165, 1.54) is 0 Å². The average Bonchev–Trinajstić information content (AvgIpc) is 2.49. The molecule has 0 radical (unpaired) electrons. The minimum absolute atomic E-state index is 0.0658. The Morgan fingerprint density at radius 3 is 2.40 bits per heavy atom. The molecule has 3 heterocycles. The number of nitrogens with two attached hydrogens (primary N) is 1. The van der Waals surface area contributed by atoms with Crippen LogP contribution in [0.1, 0.15) is 12.8 Å². The maximum atomic E-state index is 6.48. The molecule has 6 heteroatoms. The summed E-state index contributed by atoms with van der Waals surface area (Å²) in [4.78, 5) is 13.3. The van der Waals surface area contributed by atoms with E-state index in [2.05, 4.69) is 19.8 Å². The van der Waals surface area contributed by atoms with Crippen LogP contribution in [-0.4, -0.2) is 66.3 Å². The van der Waals surface area contributed by atoms with Gasteiger partial charge in [-0.2, -0.15) is 0 Å². The first-order valence-corrected chi connectivity index (χ1v) is 7.36. The molecule has 2 aliphatic rings. The lowest BCUT2D eigenvalue weighted by Crippen LogP contribution is -2.57. The monoisotopic (exact) mass is 277 g/mol. The van der Waals surface area contributed by atoms with Gasteiger partial charge >= 0.3 is 0 Å². The van der Waals surface area contributed by atoms with E-state index in [4.69, 9.17) is 10.5 Å². The molecule has 2 fully saturated rings. The highest BCUT2D eigenvalue weighted by atomic mass is 16.5. The summed E-state index contributed by atoms with van der Waals surface area (Å²) in [7, 11) is 0. The summed E-state index contributed by atoms with van der Waals surface area (Å²) in [5, 5.41) is 0. The lowest BCUT2D eigenvalue weighted by Gasteiger charge is -2.41. The Bertz CT molecular complexity index is 413. The predicted molar refractivity (Wildman–Crippen MR) is 77.7 cm³/mol. The molecular weight excluding hydrogens is 254 g/mol. The molecule has 2 saturated heterocycles. The number of hydrogen-bond donors (Lipinski definition) is 1. The second-order valence-corrected chi connectivity index (χ2v) is 5.79. The van der Waals surface area contributed by atoms with Crippen molar-refractivity contribution in [2.75, 3.05) is 50.8 Å². The molecule has 0 bridgehead atoms. The molecule has 0 aromatic carbocycles. The largest absolute Gasteiger partial charge is 0.381 e. The fourth-order valence-corrected chi connectivity index (χ4v) is 2.94. The third kappa shape index (κ3) is 3.26. The highest BCUT2D eigenvalue weighted by molar-refractivity contribution is 5.29. The lowest BCUT2D eigenvalue weighted by molar-refractivity contribution is 0.0368. The van der Waals surface area contributed by atoms with Gasteiger partial charge in [-0.05, 0) is 18.9 Å². The molecule has 0 spiro atoms. The van der Waals surface area contributed by atoms with Crippen LogP contribution in [-0.2, 0) is 4.74 Å². The van der Waals surface area contributed by atoms with Gasteiger partial charge in [-0.1, -0.05) is 0 Å². The molecule has 1 aromatic heterocycles. The predicted octanol–water partition coefficient (Wildman–Crippen LogP) is 0.107. The van der Waals surface area contributed by atoms with Crippen LogP contribution in [0, 0.1) is 0 Å². The van der Waals surface area contributed by atoms with E-state index < -0.39 is 0 Å². The van der Waals surface area contributed by atoms with Gasteiger partial charge in [0.05, 0.1) is 0 Å². The van der Waals surface area contributed by atoms with Gasteiger partial charge in [0.2, 0.25) is 5.95 Å². The van der Waals surface area contributed by atoms with Crippen molar-refractivity contribution in [1.82, 2.24) is 14.9 Å². The fraction of sp³-hybridized carbons (Fsp3) is 0.714. The summed E-state index contributed by atoms with van der Waals surface area (Å²) >= 11 is 0. The molecule has 110 valence electrons. The summed E-state index contributed by atoms with van der Waals surface area (Å²) in [6, 6.07) is 1.85. The Balaban J connectivity index is 1.51. The molecule has 0 amide bonds. The van der Waals surface area contributed by atoms with Crippen molar-refractivity contribution in [3.05, 3.63) is 18.5 Å². The van der Waals surface area contributed by atoms with Crippen LogP contribution in [0.25, 0.3) is 0 Å². The maximum Gasteiger partial charge on any atom is 0.225 e. The first-order valence-electron chi connectivity index (χ1n) is 7.36. The Morgan fingerprint density at radius 2 is 1.75 bits per heavy atom. The van der Waals surface area contributed by atoms with Crippen LogP contribution < -0.4 is 10.6 Å². The van der Waals surface area contributed by atoms with Crippen molar-refractivity contribution in [3.63, 3.8) is 0 Å². The van der Waals surface area contributed by atoms with Crippen LogP contribution in [0.4, 0.5) is 5.95 Å². The van der Waals surface area contributed by atoms with Crippen LogP contribution in [0.2, 0.25) is 0 Å². The first kappa shape index (κ1) is 13.7. The second-order valence-electron chi connectivity index (χ2n) is 5.79. The van der Waals surface area contributed by atoms with Gasteiger partial charge in [-0.3, -0.25) is 4.90 Å². The molecule has 0 saturated carbocycles. The van der Waals surface area contributed by atoms with Gasteiger partial charge in [-0.25, -0.2) is 9.97 Å². The molecule has 2 N–H and O–H groups in total. The lowest BCUT2D eigenvalue weighted by atomic mass is 9.90. The van der Waals surface area contributed by atoms with E-state index in [9.17, 15) is 0 Å². The van der Waals surface area contributed by atoms with Crippen molar-refractivity contribution in [2.24, 2.45) is 5.73 Å². The molecule has 2 aliphatic heterocycles. The molecule has 0 atom stereocenters. The topological polar surface area (TPSA) is 67.5 Å². The number of ether oxygens (including phenoxy) is 1. The zero-order valence-corrected chi connectivity index (χ0v) is 11.9. The van der Waals surface area contributed by atoms with Crippen molar-refractivity contribution in [3.8, 4) is 0 Å². The van der Waals surface area contributed by atoms with E-state index in [0.29, 0.717) is 0 Å². The number of piperazine rings is 1. The molecule has 1 aromatic rings. The minimum Gasteiger partial charge on any atom is -0.381 e. The van der Waals surface area contributed by atoms with Crippen molar-refractivity contribution >= 4 is 5.95 Å². The Labute approximate surface area is 119 Å². The molecule has 0 unspecified atom stereocenters. The quantitative estimate of drug-likeness (QED) is 0.845. The molecular formula is C14H23N5O. The second kappa shape index (κ2) is 6.03. The summed E-state index contributed by atoms with van der Waals surface area (Å²) in [5.41, 5.74) is 6.41. The maximum absolute atomic E-state index is 6.48. The average molecular weight is 277 g/mol. The Hall–Kier alpha value is -1.24. The molecule has 20 heavy (non-hydrogen) atoms. The Kier molecular flexibility index (Phi) is 4.14. The standard InChI is InChI=1S/C14H23N5O/c15-14(2-10-20-11-3-14)12-18-6-8-19(9-7-18)13-16-4-1-5-17-13/h1,4-5H,2-3,6-12,15H2. The number of anilines is 1. The van der Waals surface area contributed by atoms with E-state index in [0.717, 1.165) is 64.7 Å². The van der Waals surface area contributed by atoms with Crippen molar-refractivity contribution in [2.45, 2.75) is 18.4 Å². The third-order valence-corrected chi connectivity index (χ3v) is 4.23. The van der Waals surface area contributed by atoms with Gasteiger partial charge in [0.25, 0.3) is 0 Å². The molecule has 0 aliphatic carbocycles. The summed E-state index contributed by atoms with van der Waals surface area (Å²) < 4.78 is 5.41. The summed E-state index contributed by atoms with van der Waals surface area (Å²) in [6.45, 7) is 6.56. The van der Waals surface area contributed by atoms with Crippen LogP contribution >= 0.6 is 0 Å². The number of aromatic nitrogens is 2. The van der Waals surface area contributed by atoms with E-state index in [-0.39, 0.29) is 5.54 Å². The fourth-order valence-electron chi connectivity index (χ4n) is 2.94. The van der Waals surface area contributed by atoms with Crippen LogP contribution in [0.3, 0.4) is 0 Å². The zero-order valence-electron chi connectivity index (χ0n) is 11.9. The normalized spacial score (nSPS) is 23.8. The molecule has 6 nitrogen and oxygen atoms in total. The van der Waals surface area contributed by atoms with Crippen LogP contribution in [0.15, 0.2) is 18.5 Å².